The average Bonchev–Trinajstić information content (AvgIpc) is 3.35. The SMILES string of the molecule is O=C1c2ccccc2C(=O)N1Cc1cccc(-c2nc(-c3ccc(F)cn3)no2)c1. The van der Waals surface area contributed by atoms with E-state index >= 15 is 0 Å². The summed E-state index contributed by atoms with van der Waals surface area (Å²) < 4.78 is 18.4. The number of benzene rings is 2. The van der Waals surface area contributed by atoms with Crippen LogP contribution in [0.5, 0.6) is 0 Å². The van der Waals surface area contributed by atoms with Crippen molar-refractivity contribution in [3.8, 4) is 23.0 Å². The third-order valence-corrected chi connectivity index (χ3v) is 4.78. The highest BCUT2D eigenvalue weighted by Gasteiger charge is 2.35. The van der Waals surface area contributed by atoms with Crippen LogP contribution in [0.15, 0.2) is 71.4 Å². The Morgan fingerprint density at radius 2 is 1.70 bits per heavy atom. The summed E-state index contributed by atoms with van der Waals surface area (Å²) in [5.41, 5.74) is 2.57. The van der Waals surface area contributed by atoms with E-state index in [1.54, 1.807) is 42.5 Å². The maximum Gasteiger partial charge on any atom is 0.261 e. The van der Waals surface area contributed by atoms with E-state index < -0.39 is 5.82 Å². The van der Waals surface area contributed by atoms with Crippen LogP contribution in [0.1, 0.15) is 26.3 Å². The average molecular weight is 400 g/mol. The lowest BCUT2D eigenvalue weighted by Crippen LogP contribution is -2.29. The Morgan fingerprint density at radius 1 is 0.933 bits per heavy atom. The maximum atomic E-state index is 13.0. The molecule has 1 aliphatic heterocycles. The van der Waals surface area contributed by atoms with Crippen LogP contribution in [0.3, 0.4) is 0 Å². The molecule has 0 atom stereocenters. The molecule has 30 heavy (non-hydrogen) atoms. The number of aromatic nitrogens is 3. The van der Waals surface area contributed by atoms with Gasteiger partial charge in [-0.2, -0.15) is 4.98 Å². The quantitative estimate of drug-likeness (QED) is 0.485. The van der Waals surface area contributed by atoms with Gasteiger partial charge >= 0.3 is 0 Å². The second-order valence-electron chi connectivity index (χ2n) is 6.73. The molecule has 7 nitrogen and oxygen atoms in total. The van der Waals surface area contributed by atoms with E-state index in [2.05, 4.69) is 15.1 Å². The van der Waals surface area contributed by atoms with Gasteiger partial charge in [-0.1, -0.05) is 29.4 Å². The molecule has 5 rings (SSSR count). The van der Waals surface area contributed by atoms with Gasteiger partial charge in [-0.25, -0.2) is 9.37 Å². The predicted molar refractivity (Wildman–Crippen MR) is 104 cm³/mol. The molecule has 0 aliphatic carbocycles. The van der Waals surface area contributed by atoms with E-state index in [4.69, 9.17) is 4.52 Å². The van der Waals surface area contributed by atoms with Gasteiger partial charge in [-0.15, -0.1) is 0 Å². The summed E-state index contributed by atoms with van der Waals surface area (Å²) in [6.07, 6.45) is 1.08. The van der Waals surface area contributed by atoms with Crippen LogP contribution in [-0.4, -0.2) is 31.8 Å². The fraction of sp³-hybridized carbons (Fsp3) is 0.0455. The number of nitrogens with zero attached hydrogens (tertiary/aromatic N) is 4. The van der Waals surface area contributed by atoms with Crippen molar-refractivity contribution in [3.05, 3.63) is 89.4 Å². The molecule has 3 heterocycles. The Morgan fingerprint density at radius 3 is 2.40 bits per heavy atom. The summed E-state index contributed by atoms with van der Waals surface area (Å²) in [6, 6.07) is 16.6. The molecule has 0 unspecified atom stereocenters. The van der Waals surface area contributed by atoms with Gasteiger partial charge in [0, 0.05) is 5.56 Å². The number of rotatable bonds is 4. The van der Waals surface area contributed by atoms with Gasteiger partial charge in [0.2, 0.25) is 5.82 Å². The van der Waals surface area contributed by atoms with Gasteiger partial charge in [0.25, 0.3) is 17.7 Å². The Hall–Kier alpha value is -4.20. The molecule has 0 spiro atoms. The minimum atomic E-state index is -0.455. The van der Waals surface area contributed by atoms with Crippen LogP contribution >= 0.6 is 0 Å². The summed E-state index contributed by atoms with van der Waals surface area (Å²) in [5, 5.41) is 3.89. The fourth-order valence-electron chi connectivity index (χ4n) is 3.32. The van der Waals surface area contributed by atoms with Gasteiger partial charge in [0.1, 0.15) is 11.5 Å². The van der Waals surface area contributed by atoms with Crippen LogP contribution in [-0.2, 0) is 6.54 Å². The lowest BCUT2D eigenvalue weighted by atomic mass is 10.1. The summed E-state index contributed by atoms with van der Waals surface area (Å²) in [4.78, 5) is 34.6. The maximum absolute atomic E-state index is 13.0. The number of hydrogen-bond acceptors (Lipinski definition) is 6. The van der Waals surface area contributed by atoms with Crippen molar-refractivity contribution in [2.45, 2.75) is 6.54 Å². The smallest absolute Gasteiger partial charge is 0.261 e. The zero-order valence-corrected chi connectivity index (χ0v) is 15.4. The Labute approximate surface area is 169 Å². The highest BCUT2D eigenvalue weighted by atomic mass is 19.1. The van der Waals surface area contributed by atoms with Gasteiger partial charge in [0.05, 0.1) is 23.9 Å². The number of amides is 2. The topological polar surface area (TPSA) is 89.2 Å². The molecular weight excluding hydrogens is 387 g/mol. The Balaban J connectivity index is 1.40. The molecule has 0 bridgehead atoms. The first kappa shape index (κ1) is 17.9. The van der Waals surface area contributed by atoms with Crippen molar-refractivity contribution >= 4 is 11.8 Å². The molecule has 4 aromatic rings. The highest BCUT2D eigenvalue weighted by Crippen LogP contribution is 2.26. The molecule has 0 fully saturated rings. The van der Waals surface area contributed by atoms with E-state index in [1.807, 2.05) is 6.07 Å². The predicted octanol–water partition coefficient (Wildman–Crippen LogP) is 3.73. The van der Waals surface area contributed by atoms with Crippen LogP contribution in [0.2, 0.25) is 0 Å². The van der Waals surface area contributed by atoms with Crippen LogP contribution in [0, 0.1) is 5.82 Å². The molecule has 2 aromatic heterocycles. The van der Waals surface area contributed by atoms with Gasteiger partial charge in [-0.3, -0.25) is 14.5 Å². The van der Waals surface area contributed by atoms with E-state index in [0.29, 0.717) is 22.4 Å². The van der Waals surface area contributed by atoms with Crippen LogP contribution < -0.4 is 0 Å². The first-order chi connectivity index (χ1) is 14.6. The van der Waals surface area contributed by atoms with Gasteiger partial charge < -0.3 is 4.52 Å². The number of carbonyl (C=O) groups is 2. The highest BCUT2D eigenvalue weighted by molar-refractivity contribution is 6.21. The first-order valence-electron chi connectivity index (χ1n) is 9.10. The zero-order chi connectivity index (χ0) is 20.7. The van der Waals surface area contributed by atoms with E-state index in [9.17, 15) is 14.0 Å². The molecule has 0 saturated carbocycles. The summed E-state index contributed by atoms with van der Waals surface area (Å²) >= 11 is 0. The van der Waals surface area contributed by atoms with Crippen molar-refractivity contribution < 1.29 is 18.5 Å². The second-order valence-corrected chi connectivity index (χ2v) is 6.73. The van der Waals surface area contributed by atoms with Crippen LogP contribution in [0.4, 0.5) is 4.39 Å². The zero-order valence-electron chi connectivity index (χ0n) is 15.4. The second kappa shape index (κ2) is 7.00. The first-order valence-corrected chi connectivity index (χ1v) is 9.10. The molecular formula is C22H13FN4O3. The third kappa shape index (κ3) is 3.04. The van der Waals surface area contributed by atoms with E-state index in [1.165, 1.54) is 17.0 Å². The number of carbonyl (C=O) groups excluding carboxylic acids is 2. The molecule has 0 saturated heterocycles. The Bertz CT molecular complexity index is 1250. The lowest BCUT2D eigenvalue weighted by Gasteiger charge is -2.14. The molecule has 146 valence electrons. The molecule has 2 amide bonds. The third-order valence-electron chi connectivity index (χ3n) is 4.78. The number of halogens is 1. The summed E-state index contributed by atoms with van der Waals surface area (Å²) in [7, 11) is 0. The molecule has 0 radical (unpaired) electrons. The monoisotopic (exact) mass is 400 g/mol. The van der Waals surface area contributed by atoms with Crippen molar-refractivity contribution in [2.24, 2.45) is 0 Å². The van der Waals surface area contributed by atoms with Gasteiger partial charge in [0.15, 0.2) is 0 Å². The summed E-state index contributed by atoms with van der Waals surface area (Å²) in [5.74, 6) is -0.605. The molecule has 1 aliphatic rings. The van der Waals surface area contributed by atoms with Crippen LogP contribution in [0.25, 0.3) is 23.0 Å². The number of imide groups is 1. The number of hydrogen-bond donors (Lipinski definition) is 0. The normalized spacial score (nSPS) is 13.0. The van der Waals surface area contributed by atoms with Crippen molar-refractivity contribution in [2.75, 3.05) is 0 Å². The minimum Gasteiger partial charge on any atom is -0.334 e. The number of pyridine rings is 1. The minimum absolute atomic E-state index is 0.126. The molecule has 8 heteroatoms. The van der Waals surface area contributed by atoms with Crippen molar-refractivity contribution in [3.63, 3.8) is 0 Å². The van der Waals surface area contributed by atoms with Crippen molar-refractivity contribution in [1.82, 2.24) is 20.0 Å². The van der Waals surface area contributed by atoms with Crippen molar-refractivity contribution in [1.29, 1.82) is 0 Å². The number of fused-ring (bicyclic) bond motifs is 1. The molecule has 0 N–H and O–H groups in total. The molecule has 2 aromatic carbocycles. The van der Waals surface area contributed by atoms with Gasteiger partial charge in [-0.05, 0) is 42.0 Å². The fourth-order valence-corrected chi connectivity index (χ4v) is 3.32. The van der Waals surface area contributed by atoms with E-state index in [-0.39, 0.29) is 30.1 Å². The lowest BCUT2D eigenvalue weighted by molar-refractivity contribution is 0.0642. The van der Waals surface area contributed by atoms with E-state index in [0.717, 1.165) is 11.8 Å². The summed E-state index contributed by atoms with van der Waals surface area (Å²) in [6.45, 7) is 0.126. The largest absolute Gasteiger partial charge is 0.334 e. The standard InChI is InChI=1S/C22H13FN4O3/c23-15-8-9-18(24-11-15)19-25-20(30-26-19)14-5-3-4-13(10-14)12-27-21(28)16-6-1-2-7-17(16)22(27)29/h1-11H,12H2. The Kier molecular flexibility index (Phi) is 4.17.